The van der Waals surface area contributed by atoms with Gasteiger partial charge in [0, 0.05) is 12.6 Å². The van der Waals surface area contributed by atoms with Crippen LogP contribution in [0.1, 0.15) is 37.5 Å². The number of halogens is 3. The summed E-state index contributed by atoms with van der Waals surface area (Å²) in [5, 5.41) is 2.74. The molecule has 42 heavy (non-hydrogen) atoms. The van der Waals surface area contributed by atoms with Crippen molar-refractivity contribution in [2.45, 2.75) is 57.4 Å². The lowest BCUT2D eigenvalue weighted by Crippen LogP contribution is -2.52. The van der Waals surface area contributed by atoms with Gasteiger partial charge >= 0.3 is 6.18 Å². The lowest BCUT2D eigenvalue weighted by atomic mass is 10.1. The quantitative estimate of drug-likeness (QED) is 0.326. The van der Waals surface area contributed by atoms with E-state index in [9.17, 15) is 31.2 Å². The molecule has 3 rings (SSSR count). The number of nitrogens with zero attached hydrogens (tertiary/aromatic N) is 2. The number of benzene rings is 3. The van der Waals surface area contributed by atoms with Crippen LogP contribution in [0.5, 0.6) is 5.75 Å². The van der Waals surface area contributed by atoms with Gasteiger partial charge in [0.15, 0.2) is 0 Å². The monoisotopic (exact) mass is 605 g/mol. The smallest absolute Gasteiger partial charge is 0.416 e. The number of hydrogen-bond donors (Lipinski definition) is 1. The molecule has 0 fully saturated rings. The van der Waals surface area contributed by atoms with E-state index in [1.165, 1.54) is 37.1 Å². The highest BCUT2D eigenvalue weighted by Gasteiger charge is 2.35. The number of ether oxygens (including phenoxy) is 1. The van der Waals surface area contributed by atoms with Crippen LogP contribution in [0.3, 0.4) is 0 Å². The maximum absolute atomic E-state index is 13.9. The summed E-state index contributed by atoms with van der Waals surface area (Å²) in [5.41, 5.74) is -0.0576. The molecule has 0 aromatic heterocycles. The van der Waals surface area contributed by atoms with Crippen LogP contribution in [0.15, 0.2) is 77.7 Å². The van der Waals surface area contributed by atoms with Gasteiger partial charge in [0.2, 0.25) is 11.8 Å². The van der Waals surface area contributed by atoms with Gasteiger partial charge in [-0.3, -0.25) is 13.9 Å². The zero-order valence-electron chi connectivity index (χ0n) is 24.0. The zero-order valence-corrected chi connectivity index (χ0v) is 24.8. The van der Waals surface area contributed by atoms with E-state index in [1.54, 1.807) is 57.2 Å². The summed E-state index contributed by atoms with van der Waals surface area (Å²) >= 11 is 0. The van der Waals surface area contributed by atoms with Crippen molar-refractivity contribution in [1.29, 1.82) is 0 Å². The van der Waals surface area contributed by atoms with Crippen LogP contribution in [0, 0.1) is 6.92 Å². The molecular weight excluding hydrogens is 571 g/mol. The minimum absolute atomic E-state index is 0.0935. The molecule has 1 atom stereocenters. The Bertz CT molecular complexity index is 1510. The van der Waals surface area contributed by atoms with Crippen molar-refractivity contribution in [3.8, 4) is 5.75 Å². The molecule has 0 unspecified atom stereocenters. The maximum atomic E-state index is 13.9. The molecule has 1 N–H and O–H groups in total. The predicted octanol–water partition coefficient (Wildman–Crippen LogP) is 5.16. The van der Waals surface area contributed by atoms with Gasteiger partial charge in [-0.05, 0) is 75.7 Å². The van der Waals surface area contributed by atoms with Crippen LogP contribution in [0.2, 0.25) is 0 Å². The first-order valence-electron chi connectivity index (χ1n) is 13.1. The Morgan fingerprint density at radius 3 is 2.19 bits per heavy atom. The van der Waals surface area contributed by atoms with Crippen LogP contribution >= 0.6 is 0 Å². The number of nitrogens with one attached hydrogen (secondary N) is 1. The van der Waals surface area contributed by atoms with Gasteiger partial charge in [-0.1, -0.05) is 35.9 Å². The molecule has 0 heterocycles. The molecule has 0 aliphatic rings. The molecule has 3 aromatic carbocycles. The van der Waals surface area contributed by atoms with Gasteiger partial charge < -0.3 is 15.0 Å². The molecule has 0 saturated carbocycles. The topological polar surface area (TPSA) is 96.0 Å². The van der Waals surface area contributed by atoms with Crippen LogP contribution in [-0.2, 0) is 32.3 Å². The van der Waals surface area contributed by atoms with E-state index in [2.05, 4.69) is 5.32 Å². The molecule has 0 radical (unpaired) electrons. The number of alkyl halides is 3. The Labute approximate surface area is 244 Å². The van der Waals surface area contributed by atoms with Crippen LogP contribution in [-0.4, -0.2) is 50.9 Å². The van der Waals surface area contributed by atoms with Crippen LogP contribution in [0.4, 0.5) is 18.9 Å². The Morgan fingerprint density at radius 1 is 0.952 bits per heavy atom. The van der Waals surface area contributed by atoms with Crippen molar-refractivity contribution in [3.05, 3.63) is 89.5 Å². The molecule has 8 nitrogen and oxygen atoms in total. The highest BCUT2D eigenvalue weighted by Crippen LogP contribution is 2.33. The second-order valence-corrected chi connectivity index (χ2v) is 11.9. The molecule has 226 valence electrons. The average molecular weight is 606 g/mol. The molecule has 0 aliphatic carbocycles. The SMILES string of the molecule is COc1cccc(CN(C(=O)CN(c2cccc(C(F)(F)F)c2)S(=O)(=O)c2ccc(C)cc2)[C@@H](C)C(=O)NC(C)C)c1. The number of anilines is 1. The third-order valence-electron chi connectivity index (χ3n) is 6.43. The number of sulfonamides is 1. The fraction of sp³-hybridized carbons (Fsp3) is 0.333. The summed E-state index contributed by atoms with van der Waals surface area (Å²) in [6.45, 7) is 5.80. The summed E-state index contributed by atoms with van der Waals surface area (Å²) in [4.78, 5) is 27.9. The molecule has 3 aromatic rings. The van der Waals surface area contributed by atoms with Gasteiger partial charge in [0.25, 0.3) is 10.0 Å². The standard InChI is InChI=1S/C30H34F3N3O5S/c1-20(2)34-29(38)22(4)35(18-23-8-6-11-26(16-23)41-5)28(37)19-36(25-10-7-9-24(17-25)30(31,32)33)42(39,40)27-14-12-21(3)13-15-27/h6-17,20,22H,18-19H2,1-5H3,(H,34,38)/t22-/m0/s1. The van der Waals surface area contributed by atoms with Crippen molar-refractivity contribution in [1.82, 2.24) is 10.2 Å². The zero-order chi connectivity index (χ0) is 31.2. The number of carbonyl (C=O) groups excluding carboxylic acids is 2. The Morgan fingerprint density at radius 2 is 1.60 bits per heavy atom. The maximum Gasteiger partial charge on any atom is 0.416 e. The fourth-order valence-corrected chi connectivity index (χ4v) is 5.56. The highest BCUT2D eigenvalue weighted by molar-refractivity contribution is 7.92. The van der Waals surface area contributed by atoms with E-state index in [-0.39, 0.29) is 23.2 Å². The summed E-state index contributed by atoms with van der Waals surface area (Å²) in [6.07, 6.45) is -4.75. The summed E-state index contributed by atoms with van der Waals surface area (Å²) < 4.78 is 74.3. The number of hydrogen-bond acceptors (Lipinski definition) is 5. The Kier molecular flexibility index (Phi) is 10.3. The third kappa shape index (κ3) is 8.03. The number of amides is 2. The van der Waals surface area contributed by atoms with Crippen molar-refractivity contribution in [2.75, 3.05) is 18.0 Å². The number of aryl methyl sites for hydroxylation is 1. The molecule has 12 heteroatoms. The number of carbonyl (C=O) groups is 2. The normalized spacial score (nSPS) is 12.5. The summed E-state index contributed by atoms with van der Waals surface area (Å²) in [6, 6.07) is 15.0. The molecule has 2 amide bonds. The van der Waals surface area contributed by atoms with E-state index in [4.69, 9.17) is 4.74 Å². The third-order valence-corrected chi connectivity index (χ3v) is 8.22. The van der Waals surface area contributed by atoms with Gasteiger partial charge in [0.1, 0.15) is 18.3 Å². The largest absolute Gasteiger partial charge is 0.497 e. The fourth-order valence-electron chi connectivity index (χ4n) is 4.16. The molecular formula is C30H34F3N3O5S. The van der Waals surface area contributed by atoms with E-state index < -0.39 is 46.2 Å². The van der Waals surface area contributed by atoms with Crippen molar-refractivity contribution in [2.24, 2.45) is 0 Å². The highest BCUT2D eigenvalue weighted by atomic mass is 32.2. The predicted molar refractivity (Wildman–Crippen MR) is 153 cm³/mol. The van der Waals surface area contributed by atoms with Gasteiger partial charge in [-0.2, -0.15) is 13.2 Å². The first kappa shape index (κ1) is 32.5. The van der Waals surface area contributed by atoms with E-state index in [1.807, 2.05) is 0 Å². The molecule has 0 spiro atoms. The Hall–Kier alpha value is -4.06. The van der Waals surface area contributed by atoms with Crippen LogP contribution < -0.4 is 14.4 Å². The minimum atomic E-state index is -4.75. The van der Waals surface area contributed by atoms with E-state index in [0.29, 0.717) is 21.7 Å². The first-order chi connectivity index (χ1) is 19.6. The molecule has 0 aliphatic heterocycles. The van der Waals surface area contributed by atoms with Crippen molar-refractivity contribution in [3.63, 3.8) is 0 Å². The molecule has 0 bridgehead atoms. The second-order valence-electron chi connectivity index (χ2n) is 10.1. The average Bonchev–Trinajstić information content (AvgIpc) is 2.93. The second kappa shape index (κ2) is 13.3. The van der Waals surface area contributed by atoms with Gasteiger partial charge in [-0.25, -0.2) is 8.42 Å². The van der Waals surface area contributed by atoms with E-state index >= 15 is 0 Å². The van der Waals surface area contributed by atoms with Crippen LogP contribution in [0.25, 0.3) is 0 Å². The van der Waals surface area contributed by atoms with Crippen molar-refractivity contribution < 1.29 is 35.9 Å². The lowest BCUT2D eigenvalue weighted by Gasteiger charge is -2.32. The van der Waals surface area contributed by atoms with Crippen molar-refractivity contribution >= 4 is 27.5 Å². The first-order valence-corrected chi connectivity index (χ1v) is 14.6. The minimum Gasteiger partial charge on any atom is -0.497 e. The Balaban J connectivity index is 2.10. The number of methoxy groups -OCH3 is 1. The van der Waals surface area contributed by atoms with Gasteiger partial charge in [0.05, 0.1) is 23.3 Å². The lowest BCUT2D eigenvalue weighted by molar-refractivity contribution is -0.139. The summed E-state index contributed by atoms with van der Waals surface area (Å²) in [5.74, 6) is -0.766. The van der Waals surface area contributed by atoms with Gasteiger partial charge in [-0.15, -0.1) is 0 Å². The number of rotatable bonds is 11. The van der Waals surface area contributed by atoms with E-state index in [0.717, 1.165) is 17.7 Å². The molecule has 0 saturated heterocycles. The summed E-state index contributed by atoms with van der Waals surface area (Å²) in [7, 11) is -3.04.